The summed E-state index contributed by atoms with van der Waals surface area (Å²) in [5.41, 5.74) is -0.479. The molecule has 4 heteroatoms. The highest BCUT2D eigenvalue weighted by Crippen LogP contribution is 2.38. The zero-order valence-electron chi connectivity index (χ0n) is 8.34. The molecular formula is C8H17O3S-. The van der Waals surface area contributed by atoms with E-state index in [0.29, 0.717) is 6.42 Å². The molecule has 0 saturated heterocycles. The van der Waals surface area contributed by atoms with Crippen LogP contribution >= 0.6 is 0 Å². The minimum absolute atomic E-state index is 0.479. The lowest BCUT2D eigenvalue weighted by molar-refractivity contribution is 0.241. The van der Waals surface area contributed by atoms with Crippen LogP contribution < -0.4 is 0 Å². The van der Waals surface area contributed by atoms with E-state index >= 15 is 0 Å². The predicted octanol–water partition coefficient (Wildman–Crippen LogP) is 1.75. The van der Waals surface area contributed by atoms with Crippen LogP contribution in [-0.4, -0.2) is 17.7 Å². The molecule has 0 aromatic rings. The molecule has 0 unspecified atom stereocenters. The maximum atomic E-state index is 10.9. The quantitative estimate of drug-likeness (QED) is 0.641. The van der Waals surface area contributed by atoms with Gasteiger partial charge in [-0.15, -0.1) is 0 Å². The van der Waals surface area contributed by atoms with Crippen molar-refractivity contribution >= 4 is 10.1 Å². The van der Waals surface area contributed by atoms with Crippen LogP contribution in [0.4, 0.5) is 0 Å². The molecule has 3 nitrogen and oxygen atoms in total. The van der Waals surface area contributed by atoms with Crippen molar-refractivity contribution in [3.8, 4) is 0 Å². The highest BCUT2D eigenvalue weighted by Gasteiger charge is 2.40. The van der Waals surface area contributed by atoms with Crippen molar-refractivity contribution in [1.82, 2.24) is 0 Å². The molecule has 0 heterocycles. The molecule has 0 aliphatic carbocycles. The fourth-order valence-corrected chi connectivity index (χ4v) is 1.59. The zero-order chi connectivity index (χ0) is 10.2. The van der Waals surface area contributed by atoms with Crippen LogP contribution in [0.5, 0.6) is 0 Å². The Morgan fingerprint density at radius 3 is 1.58 bits per heavy atom. The summed E-state index contributed by atoms with van der Waals surface area (Å²) in [6.07, 6.45) is 0.668. The maximum absolute atomic E-state index is 10.9. The Labute approximate surface area is 74.9 Å². The van der Waals surface area contributed by atoms with Crippen molar-refractivity contribution in [2.75, 3.05) is 0 Å². The third kappa shape index (κ3) is 1.80. The molecule has 0 aromatic heterocycles. The Kier molecular flexibility index (Phi) is 2.97. The zero-order valence-corrected chi connectivity index (χ0v) is 9.16. The second-order valence-corrected chi connectivity index (χ2v) is 6.13. The number of hydrogen-bond donors (Lipinski definition) is 0. The average Bonchev–Trinajstić information content (AvgIpc) is 1.85. The molecule has 0 atom stereocenters. The number of rotatable bonds is 3. The number of hydrogen-bond acceptors (Lipinski definition) is 3. The van der Waals surface area contributed by atoms with Crippen molar-refractivity contribution in [1.29, 1.82) is 0 Å². The van der Waals surface area contributed by atoms with Gasteiger partial charge in [-0.05, 0) is 25.7 Å². The van der Waals surface area contributed by atoms with Gasteiger partial charge < -0.3 is 4.55 Å². The van der Waals surface area contributed by atoms with Crippen LogP contribution in [0, 0.1) is 5.41 Å². The Balaban J connectivity index is 5.13. The molecule has 0 N–H and O–H groups in total. The molecule has 74 valence electrons. The summed E-state index contributed by atoms with van der Waals surface area (Å²) in [7, 11) is -4.22. The van der Waals surface area contributed by atoms with Gasteiger partial charge in [-0.25, -0.2) is 8.42 Å². The Morgan fingerprint density at radius 1 is 1.17 bits per heavy atom. The lowest BCUT2D eigenvalue weighted by Gasteiger charge is -2.42. The predicted molar refractivity (Wildman–Crippen MR) is 47.8 cm³/mol. The summed E-state index contributed by atoms with van der Waals surface area (Å²) in [5, 5.41) is 0. The monoisotopic (exact) mass is 193 g/mol. The van der Waals surface area contributed by atoms with E-state index in [1.165, 1.54) is 13.8 Å². The van der Waals surface area contributed by atoms with Crippen molar-refractivity contribution in [3.05, 3.63) is 0 Å². The molecule has 0 aromatic carbocycles. The topological polar surface area (TPSA) is 57.2 Å². The first kappa shape index (κ1) is 11.9. The second kappa shape index (κ2) is 3.00. The van der Waals surface area contributed by atoms with Gasteiger partial charge in [-0.2, -0.15) is 0 Å². The Bertz CT molecular complexity index is 249. The molecule has 0 bridgehead atoms. The van der Waals surface area contributed by atoms with Gasteiger partial charge in [0, 0.05) is 0 Å². The SMILES string of the molecule is CCC(C)(C)C(C)(C)S(=O)(=O)[O-]. The van der Waals surface area contributed by atoms with E-state index in [0.717, 1.165) is 0 Å². The highest BCUT2D eigenvalue weighted by atomic mass is 32.2. The Morgan fingerprint density at radius 2 is 1.50 bits per heavy atom. The van der Waals surface area contributed by atoms with E-state index in [2.05, 4.69) is 0 Å². The molecule has 0 amide bonds. The van der Waals surface area contributed by atoms with E-state index < -0.39 is 20.3 Å². The minimum Gasteiger partial charge on any atom is -0.748 e. The average molecular weight is 193 g/mol. The van der Waals surface area contributed by atoms with Gasteiger partial charge in [0.15, 0.2) is 0 Å². The molecule has 0 saturated carbocycles. The van der Waals surface area contributed by atoms with Crippen molar-refractivity contribution in [3.63, 3.8) is 0 Å². The van der Waals surface area contributed by atoms with Crippen LogP contribution in [0.3, 0.4) is 0 Å². The highest BCUT2D eigenvalue weighted by molar-refractivity contribution is 7.87. The van der Waals surface area contributed by atoms with E-state index in [-0.39, 0.29) is 0 Å². The Hall–Kier alpha value is -0.0900. The van der Waals surface area contributed by atoms with E-state index in [9.17, 15) is 13.0 Å². The smallest absolute Gasteiger partial charge is 0.100 e. The summed E-state index contributed by atoms with van der Waals surface area (Å²) in [6.45, 7) is 8.44. The van der Waals surface area contributed by atoms with E-state index in [1.54, 1.807) is 13.8 Å². The van der Waals surface area contributed by atoms with Crippen molar-refractivity contribution in [2.24, 2.45) is 5.41 Å². The molecular weight excluding hydrogens is 176 g/mol. The molecule has 0 aliphatic rings. The fourth-order valence-electron chi connectivity index (χ4n) is 0.764. The largest absolute Gasteiger partial charge is 0.748 e. The summed E-state index contributed by atoms with van der Waals surface area (Å²) in [4.78, 5) is 0. The summed E-state index contributed by atoms with van der Waals surface area (Å²) >= 11 is 0. The fraction of sp³-hybridized carbons (Fsp3) is 1.00. The normalized spacial score (nSPS) is 14.8. The van der Waals surface area contributed by atoms with Crippen LogP contribution in [0.1, 0.15) is 41.0 Å². The van der Waals surface area contributed by atoms with Crippen molar-refractivity contribution in [2.45, 2.75) is 45.8 Å². The van der Waals surface area contributed by atoms with Gasteiger partial charge in [0.25, 0.3) is 0 Å². The van der Waals surface area contributed by atoms with Crippen LogP contribution in [-0.2, 0) is 10.1 Å². The van der Waals surface area contributed by atoms with Gasteiger partial charge in [0.1, 0.15) is 10.1 Å². The summed E-state index contributed by atoms with van der Waals surface area (Å²) in [5.74, 6) is 0. The van der Waals surface area contributed by atoms with Crippen molar-refractivity contribution < 1.29 is 13.0 Å². The first-order chi connectivity index (χ1) is 5.06. The summed E-state index contributed by atoms with van der Waals surface area (Å²) in [6, 6.07) is 0. The van der Waals surface area contributed by atoms with Gasteiger partial charge >= 0.3 is 0 Å². The lowest BCUT2D eigenvalue weighted by Crippen LogP contribution is -2.45. The summed E-state index contributed by atoms with van der Waals surface area (Å²) < 4.78 is 31.5. The molecule has 0 rings (SSSR count). The standard InChI is InChI=1S/C8H18O3S/c1-6-7(2,3)8(4,5)12(9,10)11/h6H2,1-5H3,(H,9,10,11)/p-1. The molecule has 0 fully saturated rings. The lowest BCUT2D eigenvalue weighted by atomic mass is 9.78. The van der Waals surface area contributed by atoms with Gasteiger partial charge in [0.2, 0.25) is 0 Å². The van der Waals surface area contributed by atoms with Gasteiger partial charge in [-0.1, -0.05) is 20.8 Å². The second-order valence-electron chi connectivity index (χ2n) is 4.20. The van der Waals surface area contributed by atoms with Crippen LogP contribution in [0.2, 0.25) is 0 Å². The van der Waals surface area contributed by atoms with Crippen LogP contribution in [0.15, 0.2) is 0 Å². The molecule has 12 heavy (non-hydrogen) atoms. The third-order valence-electron chi connectivity index (χ3n) is 3.14. The maximum Gasteiger partial charge on any atom is 0.100 e. The van der Waals surface area contributed by atoms with E-state index in [4.69, 9.17) is 0 Å². The van der Waals surface area contributed by atoms with E-state index in [1.807, 2.05) is 6.92 Å². The first-order valence-electron chi connectivity index (χ1n) is 4.01. The molecule has 0 spiro atoms. The molecule has 0 radical (unpaired) electrons. The molecule has 0 aliphatic heterocycles. The first-order valence-corrected chi connectivity index (χ1v) is 5.42. The van der Waals surface area contributed by atoms with Gasteiger partial charge in [0.05, 0.1) is 4.75 Å². The minimum atomic E-state index is -4.22. The van der Waals surface area contributed by atoms with Gasteiger partial charge in [-0.3, -0.25) is 0 Å². The third-order valence-corrected chi connectivity index (χ3v) is 4.94. The van der Waals surface area contributed by atoms with Crippen LogP contribution in [0.25, 0.3) is 0 Å².